The first-order valence-electron chi connectivity index (χ1n) is 5.76. The van der Waals surface area contributed by atoms with Gasteiger partial charge in [0, 0.05) is 6.07 Å². The molecule has 5 nitrogen and oxygen atoms in total. The number of nitrogen functional groups attached to an aromatic ring is 1. The minimum atomic E-state index is -0.0742. The molecule has 1 aromatic heterocycles. The van der Waals surface area contributed by atoms with E-state index in [4.69, 9.17) is 20.6 Å². The Hall–Kier alpha value is -2.56. The summed E-state index contributed by atoms with van der Waals surface area (Å²) in [5.41, 5.74) is 6.79. The molecule has 1 aromatic carbocycles. The zero-order valence-corrected chi connectivity index (χ0v) is 10.6. The van der Waals surface area contributed by atoms with Crippen LogP contribution in [0.2, 0.25) is 0 Å². The van der Waals surface area contributed by atoms with Crippen molar-refractivity contribution in [2.75, 3.05) is 7.11 Å². The van der Waals surface area contributed by atoms with E-state index in [1.54, 1.807) is 25.3 Å². The van der Waals surface area contributed by atoms with Crippen molar-refractivity contribution in [2.24, 2.45) is 5.73 Å². The summed E-state index contributed by atoms with van der Waals surface area (Å²) >= 11 is 0. The molecule has 0 saturated carbocycles. The maximum atomic E-state index is 7.32. The number of aromatic nitrogens is 1. The van der Waals surface area contributed by atoms with Crippen molar-refractivity contribution in [1.82, 2.24) is 4.98 Å². The van der Waals surface area contributed by atoms with Gasteiger partial charge in [-0.15, -0.1) is 0 Å². The number of nitrogens with two attached hydrogens (primary N) is 1. The van der Waals surface area contributed by atoms with Crippen molar-refractivity contribution < 1.29 is 9.47 Å². The van der Waals surface area contributed by atoms with Gasteiger partial charge in [-0.05, 0) is 23.8 Å². The van der Waals surface area contributed by atoms with Crippen LogP contribution in [-0.4, -0.2) is 17.9 Å². The molecule has 0 unspecified atom stereocenters. The maximum absolute atomic E-state index is 7.32. The summed E-state index contributed by atoms with van der Waals surface area (Å²) in [6.07, 6.45) is 0. The molecule has 3 N–H and O–H groups in total. The van der Waals surface area contributed by atoms with Crippen LogP contribution in [0.3, 0.4) is 0 Å². The Morgan fingerprint density at radius 3 is 2.58 bits per heavy atom. The third-order valence-corrected chi connectivity index (χ3v) is 2.55. The Bertz CT molecular complexity index is 567. The van der Waals surface area contributed by atoms with Crippen LogP contribution in [0, 0.1) is 5.41 Å². The molecule has 5 heteroatoms. The molecular weight excluding hydrogens is 242 g/mol. The SMILES string of the molecule is COc1ccc(COc2cccc(C(=N)N)n2)cc1. The normalized spacial score (nSPS) is 9.95. The molecule has 0 radical (unpaired) electrons. The van der Waals surface area contributed by atoms with Gasteiger partial charge in [-0.1, -0.05) is 18.2 Å². The van der Waals surface area contributed by atoms with Gasteiger partial charge in [0.25, 0.3) is 0 Å². The monoisotopic (exact) mass is 257 g/mol. The van der Waals surface area contributed by atoms with Crippen LogP contribution in [0.15, 0.2) is 42.5 Å². The Kier molecular flexibility index (Phi) is 3.97. The predicted molar refractivity (Wildman–Crippen MR) is 72.6 cm³/mol. The highest BCUT2D eigenvalue weighted by molar-refractivity contribution is 5.93. The average Bonchev–Trinajstić information content (AvgIpc) is 2.46. The van der Waals surface area contributed by atoms with Crippen LogP contribution in [0.1, 0.15) is 11.3 Å². The van der Waals surface area contributed by atoms with Crippen LogP contribution in [0.25, 0.3) is 0 Å². The molecule has 2 rings (SSSR count). The standard InChI is InChI=1S/C14H15N3O2/c1-18-11-7-5-10(6-8-11)9-19-13-4-2-3-12(17-13)14(15)16/h2-8H,9H2,1H3,(H3,15,16). The summed E-state index contributed by atoms with van der Waals surface area (Å²) in [6.45, 7) is 0.401. The fraction of sp³-hybridized carbons (Fsp3) is 0.143. The van der Waals surface area contributed by atoms with Gasteiger partial charge in [-0.25, -0.2) is 4.98 Å². The number of rotatable bonds is 5. The van der Waals surface area contributed by atoms with E-state index in [2.05, 4.69) is 4.98 Å². The van der Waals surface area contributed by atoms with Crippen LogP contribution < -0.4 is 15.2 Å². The molecule has 2 aromatic rings. The molecule has 0 aliphatic carbocycles. The number of amidine groups is 1. The lowest BCUT2D eigenvalue weighted by molar-refractivity contribution is 0.293. The second-order valence-electron chi connectivity index (χ2n) is 3.91. The molecule has 0 spiro atoms. The molecule has 0 amide bonds. The molecule has 19 heavy (non-hydrogen) atoms. The third-order valence-electron chi connectivity index (χ3n) is 2.55. The highest BCUT2D eigenvalue weighted by atomic mass is 16.5. The first-order chi connectivity index (χ1) is 9.19. The summed E-state index contributed by atoms with van der Waals surface area (Å²) < 4.78 is 10.6. The molecule has 0 aliphatic rings. The fourth-order valence-electron chi connectivity index (χ4n) is 1.52. The highest BCUT2D eigenvalue weighted by Gasteiger charge is 2.02. The minimum Gasteiger partial charge on any atom is -0.497 e. The lowest BCUT2D eigenvalue weighted by Crippen LogP contribution is -2.13. The lowest BCUT2D eigenvalue weighted by Gasteiger charge is -2.07. The van der Waals surface area contributed by atoms with Gasteiger partial charge in [0.1, 0.15) is 23.9 Å². The first kappa shape index (κ1) is 12.9. The Labute approximate surface area is 111 Å². The van der Waals surface area contributed by atoms with Crippen LogP contribution in [0.5, 0.6) is 11.6 Å². The number of benzene rings is 1. The zero-order chi connectivity index (χ0) is 13.7. The molecule has 0 aliphatic heterocycles. The Morgan fingerprint density at radius 1 is 1.21 bits per heavy atom. The second kappa shape index (κ2) is 5.86. The second-order valence-corrected chi connectivity index (χ2v) is 3.91. The number of nitrogens with zero attached hydrogens (tertiary/aromatic N) is 1. The van der Waals surface area contributed by atoms with Gasteiger partial charge >= 0.3 is 0 Å². The molecule has 1 heterocycles. The number of hydrogen-bond acceptors (Lipinski definition) is 4. The molecule has 0 bridgehead atoms. The van der Waals surface area contributed by atoms with Crippen molar-refractivity contribution in [1.29, 1.82) is 5.41 Å². The number of pyridine rings is 1. The largest absolute Gasteiger partial charge is 0.497 e. The van der Waals surface area contributed by atoms with E-state index in [0.29, 0.717) is 18.2 Å². The van der Waals surface area contributed by atoms with Crippen LogP contribution in [-0.2, 0) is 6.61 Å². The topological polar surface area (TPSA) is 81.2 Å². The van der Waals surface area contributed by atoms with E-state index < -0.39 is 0 Å². The third kappa shape index (κ3) is 3.45. The Morgan fingerprint density at radius 2 is 1.95 bits per heavy atom. The molecule has 98 valence electrons. The van der Waals surface area contributed by atoms with Gasteiger partial charge in [0.15, 0.2) is 0 Å². The van der Waals surface area contributed by atoms with Crippen LogP contribution in [0.4, 0.5) is 0 Å². The minimum absolute atomic E-state index is 0.0742. The average molecular weight is 257 g/mol. The van der Waals surface area contributed by atoms with E-state index in [-0.39, 0.29) is 5.84 Å². The van der Waals surface area contributed by atoms with Crippen molar-refractivity contribution in [3.63, 3.8) is 0 Å². The van der Waals surface area contributed by atoms with E-state index in [1.165, 1.54) is 0 Å². The summed E-state index contributed by atoms with van der Waals surface area (Å²) in [5, 5.41) is 7.32. The molecule has 0 fully saturated rings. The number of hydrogen-bond donors (Lipinski definition) is 2. The zero-order valence-electron chi connectivity index (χ0n) is 10.6. The van der Waals surface area contributed by atoms with Gasteiger partial charge in [0.2, 0.25) is 5.88 Å². The highest BCUT2D eigenvalue weighted by Crippen LogP contribution is 2.14. The van der Waals surface area contributed by atoms with Crippen molar-refractivity contribution >= 4 is 5.84 Å². The van der Waals surface area contributed by atoms with Gasteiger partial charge in [-0.2, -0.15) is 0 Å². The summed E-state index contributed by atoms with van der Waals surface area (Å²) in [5.74, 6) is 1.18. The molecular formula is C14H15N3O2. The van der Waals surface area contributed by atoms with Crippen molar-refractivity contribution in [3.8, 4) is 11.6 Å². The number of nitrogens with one attached hydrogen (secondary N) is 1. The smallest absolute Gasteiger partial charge is 0.214 e. The van der Waals surface area contributed by atoms with Crippen molar-refractivity contribution in [3.05, 3.63) is 53.7 Å². The quantitative estimate of drug-likeness (QED) is 0.633. The number of ether oxygens (including phenoxy) is 2. The summed E-state index contributed by atoms with van der Waals surface area (Å²) in [7, 11) is 1.63. The van der Waals surface area contributed by atoms with Gasteiger partial charge in [0.05, 0.1) is 7.11 Å². The predicted octanol–water partition coefficient (Wildman–Crippen LogP) is 1.95. The van der Waals surface area contributed by atoms with E-state index in [9.17, 15) is 0 Å². The fourth-order valence-corrected chi connectivity index (χ4v) is 1.52. The van der Waals surface area contributed by atoms with Crippen molar-refractivity contribution in [2.45, 2.75) is 6.61 Å². The summed E-state index contributed by atoms with van der Waals surface area (Å²) in [6, 6.07) is 12.8. The van der Waals surface area contributed by atoms with Gasteiger partial charge < -0.3 is 15.2 Å². The number of methoxy groups -OCH3 is 1. The van der Waals surface area contributed by atoms with E-state index in [1.807, 2.05) is 24.3 Å². The molecule has 0 saturated heterocycles. The Balaban J connectivity index is 2.01. The lowest BCUT2D eigenvalue weighted by atomic mass is 10.2. The van der Waals surface area contributed by atoms with Gasteiger partial charge in [-0.3, -0.25) is 5.41 Å². The molecule has 0 atom stereocenters. The maximum Gasteiger partial charge on any atom is 0.214 e. The summed E-state index contributed by atoms with van der Waals surface area (Å²) in [4.78, 5) is 4.12. The van der Waals surface area contributed by atoms with Crippen LogP contribution >= 0.6 is 0 Å². The van der Waals surface area contributed by atoms with E-state index >= 15 is 0 Å². The first-order valence-corrected chi connectivity index (χ1v) is 5.76. The van der Waals surface area contributed by atoms with E-state index in [0.717, 1.165) is 11.3 Å².